The van der Waals surface area contributed by atoms with Gasteiger partial charge in [0.15, 0.2) is 0 Å². The maximum Gasteiger partial charge on any atom is 0.134 e. The second kappa shape index (κ2) is 5.44. The van der Waals surface area contributed by atoms with Crippen LogP contribution in [0.3, 0.4) is 0 Å². The minimum absolute atomic E-state index is 0.295. The highest BCUT2D eigenvalue weighted by atomic mass is 79.9. The van der Waals surface area contributed by atoms with Crippen molar-refractivity contribution in [3.05, 3.63) is 68.6 Å². The molecule has 21 heavy (non-hydrogen) atoms. The topological polar surface area (TPSA) is 39.2 Å². The smallest absolute Gasteiger partial charge is 0.134 e. The average molecular weight is 369 g/mol. The first-order chi connectivity index (χ1) is 9.97. The van der Waals surface area contributed by atoms with Crippen molar-refractivity contribution in [3.63, 3.8) is 0 Å². The van der Waals surface area contributed by atoms with Gasteiger partial charge in [-0.15, -0.1) is 0 Å². The summed E-state index contributed by atoms with van der Waals surface area (Å²) in [6.07, 6.45) is 0. The van der Waals surface area contributed by atoms with Crippen LogP contribution < -0.4 is 5.73 Å². The number of halogens is 3. The molecule has 0 radical (unpaired) electrons. The Morgan fingerprint density at radius 1 is 1.24 bits per heavy atom. The van der Waals surface area contributed by atoms with Crippen molar-refractivity contribution in [3.8, 4) is 0 Å². The Hall–Kier alpha value is -1.36. The molecule has 3 aromatic rings. The molecule has 1 unspecified atom stereocenters. The van der Waals surface area contributed by atoms with E-state index in [-0.39, 0.29) is 5.82 Å². The van der Waals surface area contributed by atoms with Crippen LogP contribution in [-0.4, -0.2) is 0 Å². The lowest BCUT2D eigenvalue weighted by Crippen LogP contribution is -2.12. The number of aryl methyl sites for hydroxylation is 1. The molecule has 3 rings (SSSR count). The van der Waals surface area contributed by atoms with Crippen molar-refractivity contribution in [2.75, 3.05) is 0 Å². The van der Waals surface area contributed by atoms with E-state index in [1.165, 1.54) is 12.1 Å². The van der Waals surface area contributed by atoms with Gasteiger partial charge in [0.25, 0.3) is 0 Å². The van der Waals surface area contributed by atoms with E-state index >= 15 is 0 Å². The Balaban J connectivity index is 2.13. The molecule has 2 N–H and O–H groups in total. The monoisotopic (exact) mass is 367 g/mol. The van der Waals surface area contributed by atoms with E-state index in [4.69, 9.17) is 21.8 Å². The molecule has 0 bridgehead atoms. The van der Waals surface area contributed by atoms with Gasteiger partial charge in [-0.05, 0) is 42.8 Å². The number of rotatable bonds is 2. The number of hydrogen-bond acceptors (Lipinski definition) is 2. The SMILES string of the molecule is Cc1c(C(N)c2ccc(F)cc2Cl)oc2ccc(Br)cc12. The molecule has 0 spiro atoms. The van der Waals surface area contributed by atoms with Gasteiger partial charge in [-0.25, -0.2) is 4.39 Å². The van der Waals surface area contributed by atoms with E-state index in [0.29, 0.717) is 16.3 Å². The maximum absolute atomic E-state index is 13.2. The molecule has 0 fully saturated rings. The standard InChI is InChI=1S/C16H12BrClFNO/c1-8-12-6-9(17)2-5-14(12)21-16(8)15(20)11-4-3-10(19)7-13(11)18/h2-7,15H,20H2,1H3. The molecule has 5 heteroatoms. The van der Waals surface area contributed by atoms with Crippen LogP contribution in [0.4, 0.5) is 4.39 Å². The molecule has 0 aliphatic carbocycles. The molecule has 2 nitrogen and oxygen atoms in total. The second-order valence-corrected chi connectivity index (χ2v) is 6.20. The summed E-state index contributed by atoms with van der Waals surface area (Å²) in [5.74, 6) is 0.248. The minimum atomic E-state index is -0.538. The third kappa shape index (κ3) is 2.59. The van der Waals surface area contributed by atoms with Crippen LogP contribution >= 0.6 is 27.5 Å². The summed E-state index contributed by atoms with van der Waals surface area (Å²) >= 11 is 9.52. The van der Waals surface area contributed by atoms with Gasteiger partial charge in [0.05, 0.1) is 6.04 Å². The van der Waals surface area contributed by atoms with Crippen molar-refractivity contribution < 1.29 is 8.81 Å². The molecular formula is C16H12BrClFNO. The van der Waals surface area contributed by atoms with Crippen LogP contribution in [0.1, 0.15) is 22.9 Å². The Morgan fingerprint density at radius 2 is 2.00 bits per heavy atom. The summed E-state index contributed by atoms with van der Waals surface area (Å²) in [5, 5.41) is 1.29. The Kier molecular flexibility index (Phi) is 3.78. The van der Waals surface area contributed by atoms with E-state index < -0.39 is 6.04 Å². The lowest BCUT2D eigenvalue weighted by molar-refractivity contribution is 0.520. The molecule has 2 aromatic carbocycles. The summed E-state index contributed by atoms with van der Waals surface area (Å²) in [5.41, 5.74) is 8.62. The van der Waals surface area contributed by atoms with Crippen LogP contribution in [-0.2, 0) is 0 Å². The first-order valence-corrected chi connectivity index (χ1v) is 7.53. The summed E-state index contributed by atoms with van der Waals surface area (Å²) in [4.78, 5) is 0. The predicted octanol–water partition coefficient (Wildman–Crippen LogP) is 5.34. The van der Waals surface area contributed by atoms with E-state index in [9.17, 15) is 4.39 Å². The fraction of sp³-hybridized carbons (Fsp3) is 0.125. The zero-order valence-corrected chi connectivity index (χ0v) is 13.5. The van der Waals surface area contributed by atoms with Crippen molar-refractivity contribution >= 4 is 38.5 Å². The van der Waals surface area contributed by atoms with Crippen LogP contribution in [0.15, 0.2) is 45.3 Å². The van der Waals surface area contributed by atoms with Crippen molar-refractivity contribution in [1.82, 2.24) is 0 Å². The molecule has 1 aromatic heterocycles. The van der Waals surface area contributed by atoms with Crippen LogP contribution in [0.25, 0.3) is 11.0 Å². The van der Waals surface area contributed by atoms with Crippen LogP contribution in [0, 0.1) is 12.7 Å². The number of nitrogens with two attached hydrogens (primary N) is 1. The summed E-state index contributed by atoms with van der Waals surface area (Å²) < 4.78 is 20.0. The minimum Gasteiger partial charge on any atom is -0.459 e. The van der Waals surface area contributed by atoms with Gasteiger partial charge in [0.2, 0.25) is 0 Å². The second-order valence-electron chi connectivity index (χ2n) is 4.88. The van der Waals surface area contributed by atoms with Gasteiger partial charge in [-0.2, -0.15) is 0 Å². The lowest BCUT2D eigenvalue weighted by atomic mass is 10.0. The molecule has 1 heterocycles. The van der Waals surface area contributed by atoms with E-state index in [1.807, 2.05) is 25.1 Å². The first-order valence-electron chi connectivity index (χ1n) is 6.36. The maximum atomic E-state index is 13.2. The predicted molar refractivity (Wildman–Crippen MR) is 86.1 cm³/mol. The highest BCUT2D eigenvalue weighted by Gasteiger charge is 2.21. The molecule has 0 saturated carbocycles. The molecule has 0 aliphatic heterocycles. The Labute approximate surface area is 134 Å². The summed E-state index contributed by atoms with van der Waals surface area (Å²) in [7, 11) is 0. The Bertz CT molecular complexity index is 831. The van der Waals surface area contributed by atoms with Crippen molar-refractivity contribution in [2.24, 2.45) is 5.73 Å². The van der Waals surface area contributed by atoms with Crippen LogP contribution in [0.5, 0.6) is 0 Å². The summed E-state index contributed by atoms with van der Waals surface area (Å²) in [6.45, 7) is 1.95. The number of furan rings is 1. The van der Waals surface area contributed by atoms with Crippen molar-refractivity contribution in [2.45, 2.75) is 13.0 Å². The van der Waals surface area contributed by atoms with Gasteiger partial charge < -0.3 is 10.2 Å². The van der Waals surface area contributed by atoms with Gasteiger partial charge in [0, 0.05) is 20.4 Å². The van der Waals surface area contributed by atoms with Crippen LogP contribution in [0.2, 0.25) is 5.02 Å². The van der Waals surface area contributed by atoms with Gasteiger partial charge in [-0.1, -0.05) is 33.6 Å². The van der Waals surface area contributed by atoms with E-state index in [0.717, 1.165) is 21.0 Å². The van der Waals surface area contributed by atoms with E-state index in [1.54, 1.807) is 6.07 Å². The Morgan fingerprint density at radius 3 is 2.71 bits per heavy atom. The molecule has 108 valence electrons. The van der Waals surface area contributed by atoms with Gasteiger partial charge >= 0.3 is 0 Å². The third-order valence-electron chi connectivity index (χ3n) is 3.52. The number of fused-ring (bicyclic) bond motifs is 1. The fourth-order valence-electron chi connectivity index (χ4n) is 2.40. The highest BCUT2D eigenvalue weighted by molar-refractivity contribution is 9.10. The molecule has 0 aliphatic rings. The fourth-order valence-corrected chi connectivity index (χ4v) is 3.05. The normalized spacial score (nSPS) is 12.8. The number of hydrogen-bond donors (Lipinski definition) is 1. The molecule has 0 amide bonds. The quantitative estimate of drug-likeness (QED) is 0.663. The zero-order chi connectivity index (χ0) is 15.1. The average Bonchev–Trinajstić information content (AvgIpc) is 2.75. The number of benzene rings is 2. The largest absolute Gasteiger partial charge is 0.459 e. The summed E-state index contributed by atoms with van der Waals surface area (Å²) in [6, 6.07) is 9.42. The van der Waals surface area contributed by atoms with Gasteiger partial charge in [-0.3, -0.25) is 0 Å². The zero-order valence-electron chi connectivity index (χ0n) is 11.2. The highest BCUT2D eigenvalue weighted by Crippen LogP contribution is 2.35. The van der Waals surface area contributed by atoms with Gasteiger partial charge in [0.1, 0.15) is 17.2 Å². The van der Waals surface area contributed by atoms with E-state index in [2.05, 4.69) is 15.9 Å². The first kappa shape index (κ1) is 14.6. The lowest BCUT2D eigenvalue weighted by Gasteiger charge is -2.12. The molecule has 1 atom stereocenters. The molecular weight excluding hydrogens is 357 g/mol. The third-order valence-corrected chi connectivity index (χ3v) is 4.34. The molecule has 0 saturated heterocycles. The van der Waals surface area contributed by atoms with Crippen molar-refractivity contribution in [1.29, 1.82) is 0 Å².